The number of esters is 1. The molecule has 0 bridgehead atoms. The van der Waals surface area contributed by atoms with E-state index in [4.69, 9.17) is 14.0 Å². The minimum atomic E-state index is -3.53. The molecular weight excluding hydrogens is 389 g/mol. The number of para-hydroxylation sites is 1. The Balaban J connectivity index is 2.42. The second-order valence-corrected chi connectivity index (χ2v) is 10.6. The van der Waals surface area contributed by atoms with E-state index in [0.717, 1.165) is 11.1 Å². The minimum absolute atomic E-state index is 0.118. The summed E-state index contributed by atoms with van der Waals surface area (Å²) in [4.78, 5) is 11.9. The van der Waals surface area contributed by atoms with Crippen molar-refractivity contribution in [1.29, 1.82) is 0 Å². The molecule has 3 atom stereocenters. The van der Waals surface area contributed by atoms with E-state index in [0.29, 0.717) is 17.6 Å². The number of hydrogen-bond donors (Lipinski definition) is 1. The van der Waals surface area contributed by atoms with Crippen LogP contribution in [0.5, 0.6) is 5.75 Å². The van der Waals surface area contributed by atoms with Crippen LogP contribution in [-0.4, -0.2) is 31.6 Å². The van der Waals surface area contributed by atoms with E-state index in [-0.39, 0.29) is 18.4 Å². The zero-order valence-corrected chi connectivity index (χ0v) is 19.6. The Kier molecular flexibility index (Phi) is 8.33. The summed E-state index contributed by atoms with van der Waals surface area (Å²) in [7, 11) is -2.23. The third-order valence-electron chi connectivity index (χ3n) is 5.28. The van der Waals surface area contributed by atoms with Crippen LogP contribution < -0.4 is 9.61 Å². The standard InChI is InChI=1S/C22H36NO5P/c1-14(2)19-9-8-10-20(16(5)18-11-12-18)21(19)28-29(25,13-27-15(3)4)23-17(6)22(24)26-7/h8-10,14-18H,11-13H2,1-7H3,(H,23,25)/t16-,17+,29?/m1/s1. The Morgan fingerprint density at radius 2 is 1.76 bits per heavy atom. The Hall–Kier alpha value is -1.36. The normalized spacial score (nSPS) is 18.4. The van der Waals surface area contributed by atoms with Crippen molar-refractivity contribution in [3.8, 4) is 5.75 Å². The van der Waals surface area contributed by atoms with Crippen molar-refractivity contribution >= 4 is 13.5 Å². The molecular formula is C22H36NO5P. The number of nitrogens with one attached hydrogen (secondary N) is 1. The fraction of sp³-hybridized carbons (Fsp3) is 0.682. The van der Waals surface area contributed by atoms with Crippen molar-refractivity contribution in [3.05, 3.63) is 29.3 Å². The van der Waals surface area contributed by atoms with Crippen molar-refractivity contribution in [2.45, 2.75) is 78.4 Å². The van der Waals surface area contributed by atoms with Gasteiger partial charge in [0, 0.05) is 0 Å². The van der Waals surface area contributed by atoms with Crippen LogP contribution in [0.1, 0.15) is 77.3 Å². The van der Waals surface area contributed by atoms with Gasteiger partial charge in [-0.1, -0.05) is 39.0 Å². The van der Waals surface area contributed by atoms with Gasteiger partial charge in [-0.15, -0.1) is 0 Å². The Morgan fingerprint density at radius 3 is 2.28 bits per heavy atom. The van der Waals surface area contributed by atoms with Gasteiger partial charge < -0.3 is 14.0 Å². The van der Waals surface area contributed by atoms with Crippen molar-refractivity contribution < 1.29 is 23.4 Å². The summed E-state index contributed by atoms with van der Waals surface area (Å²) in [5.41, 5.74) is 2.07. The molecule has 0 radical (unpaired) electrons. The molecule has 1 fully saturated rings. The van der Waals surface area contributed by atoms with Crippen molar-refractivity contribution in [2.75, 3.05) is 13.5 Å². The maximum absolute atomic E-state index is 13.8. The Bertz CT molecular complexity index is 745. The maximum Gasteiger partial charge on any atom is 0.342 e. The zero-order chi connectivity index (χ0) is 21.8. The van der Waals surface area contributed by atoms with Gasteiger partial charge in [-0.2, -0.15) is 0 Å². The summed E-state index contributed by atoms with van der Waals surface area (Å²) in [6, 6.07) is 5.33. The lowest BCUT2D eigenvalue weighted by Crippen LogP contribution is -2.35. The van der Waals surface area contributed by atoms with Crippen LogP contribution in [0.3, 0.4) is 0 Å². The lowest BCUT2D eigenvalue weighted by atomic mass is 9.90. The molecule has 1 unspecified atom stereocenters. The summed E-state index contributed by atoms with van der Waals surface area (Å²) < 4.78 is 30.5. The number of methoxy groups -OCH3 is 1. The van der Waals surface area contributed by atoms with E-state index in [9.17, 15) is 9.36 Å². The summed E-state index contributed by atoms with van der Waals surface area (Å²) in [6.45, 7) is 11.7. The smallest absolute Gasteiger partial charge is 0.342 e. The highest BCUT2D eigenvalue weighted by molar-refractivity contribution is 7.57. The molecule has 1 aromatic carbocycles. The Morgan fingerprint density at radius 1 is 1.14 bits per heavy atom. The first-order valence-corrected chi connectivity index (χ1v) is 12.3. The van der Waals surface area contributed by atoms with Gasteiger partial charge in [0.2, 0.25) is 0 Å². The van der Waals surface area contributed by atoms with E-state index in [1.54, 1.807) is 6.92 Å². The fourth-order valence-corrected chi connectivity index (χ4v) is 5.23. The molecule has 1 aromatic rings. The topological polar surface area (TPSA) is 73.9 Å². The fourth-order valence-electron chi connectivity index (χ4n) is 3.35. The molecule has 7 heteroatoms. The van der Waals surface area contributed by atoms with Crippen LogP contribution >= 0.6 is 7.52 Å². The van der Waals surface area contributed by atoms with Gasteiger partial charge in [0.1, 0.15) is 18.1 Å². The van der Waals surface area contributed by atoms with Crippen LogP contribution in [0.2, 0.25) is 0 Å². The molecule has 6 nitrogen and oxygen atoms in total. The van der Waals surface area contributed by atoms with Gasteiger partial charge in [-0.05, 0) is 62.5 Å². The molecule has 1 N–H and O–H groups in total. The molecule has 0 amide bonds. The van der Waals surface area contributed by atoms with E-state index >= 15 is 0 Å². The van der Waals surface area contributed by atoms with E-state index in [2.05, 4.69) is 31.9 Å². The molecule has 0 heterocycles. The molecule has 29 heavy (non-hydrogen) atoms. The highest BCUT2D eigenvalue weighted by Crippen LogP contribution is 2.51. The van der Waals surface area contributed by atoms with E-state index in [1.807, 2.05) is 26.0 Å². The summed E-state index contributed by atoms with van der Waals surface area (Å²) in [5.74, 6) is 1.31. The molecule has 0 spiro atoms. The molecule has 1 aliphatic carbocycles. The number of ether oxygens (including phenoxy) is 2. The predicted molar refractivity (Wildman–Crippen MR) is 116 cm³/mol. The van der Waals surface area contributed by atoms with Crippen LogP contribution in [0, 0.1) is 5.92 Å². The van der Waals surface area contributed by atoms with Crippen LogP contribution in [0.25, 0.3) is 0 Å². The average molecular weight is 426 g/mol. The molecule has 1 aliphatic rings. The predicted octanol–water partition coefficient (Wildman–Crippen LogP) is 5.43. The number of hydrogen-bond acceptors (Lipinski definition) is 5. The van der Waals surface area contributed by atoms with Crippen molar-refractivity contribution in [2.24, 2.45) is 5.92 Å². The first kappa shape index (κ1) is 23.9. The van der Waals surface area contributed by atoms with Crippen molar-refractivity contribution in [3.63, 3.8) is 0 Å². The summed E-state index contributed by atoms with van der Waals surface area (Å²) in [5, 5.41) is 2.86. The lowest BCUT2D eigenvalue weighted by molar-refractivity contribution is -0.142. The maximum atomic E-state index is 13.8. The van der Waals surface area contributed by atoms with E-state index in [1.165, 1.54) is 20.0 Å². The van der Waals surface area contributed by atoms with Crippen LogP contribution in [0.15, 0.2) is 18.2 Å². The van der Waals surface area contributed by atoms with Gasteiger partial charge in [0.15, 0.2) is 0 Å². The quantitative estimate of drug-likeness (QED) is 0.376. The first-order valence-electron chi connectivity index (χ1n) is 10.5. The number of carbonyl (C=O) groups excluding carboxylic acids is 1. The Labute approximate surface area is 175 Å². The van der Waals surface area contributed by atoms with Crippen LogP contribution in [0.4, 0.5) is 0 Å². The summed E-state index contributed by atoms with van der Waals surface area (Å²) in [6.07, 6.45) is 2.17. The SMILES string of the molecule is COC(=O)[C@H](C)NP(=O)(COC(C)C)Oc1c(C(C)C)cccc1[C@H](C)C1CC1. The highest BCUT2D eigenvalue weighted by atomic mass is 31.2. The van der Waals surface area contributed by atoms with Gasteiger partial charge in [-0.3, -0.25) is 9.36 Å². The van der Waals surface area contributed by atoms with E-state index < -0.39 is 19.5 Å². The van der Waals surface area contributed by atoms with Crippen LogP contribution in [-0.2, 0) is 18.8 Å². The second kappa shape index (κ2) is 10.1. The molecule has 0 saturated heterocycles. The highest BCUT2D eigenvalue weighted by Gasteiger charge is 2.36. The molecule has 164 valence electrons. The third kappa shape index (κ3) is 6.56. The van der Waals surface area contributed by atoms with Gasteiger partial charge in [0.05, 0.1) is 13.2 Å². The molecule has 1 saturated carbocycles. The van der Waals surface area contributed by atoms with Gasteiger partial charge in [0.25, 0.3) is 0 Å². The second-order valence-electron chi connectivity index (χ2n) is 8.53. The summed E-state index contributed by atoms with van der Waals surface area (Å²) >= 11 is 0. The number of rotatable bonds is 11. The van der Waals surface area contributed by atoms with Gasteiger partial charge in [-0.25, -0.2) is 5.09 Å². The number of carbonyl (C=O) groups is 1. The molecule has 0 aromatic heterocycles. The molecule has 2 rings (SSSR count). The minimum Gasteiger partial charge on any atom is -0.468 e. The largest absolute Gasteiger partial charge is 0.468 e. The first-order chi connectivity index (χ1) is 13.6. The zero-order valence-electron chi connectivity index (χ0n) is 18.7. The monoisotopic (exact) mass is 425 g/mol. The number of benzene rings is 1. The van der Waals surface area contributed by atoms with Gasteiger partial charge >= 0.3 is 13.5 Å². The molecule has 0 aliphatic heterocycles. The van der Waals surface area contributed by atoms with Crippen molar-refractivity contribution in [1.82, 2.24) is 5.09 Å². The average Bonchev–Trinajstić information content (AvgIpc) is 3.50. The lowest BCUT2D eigenvalue weighted by Gasteiger charge is -2.28. The third-order valence-corrected chi connectivity index (χ3v) is 7.03.